The van der Waals surface area contributed by atoms with Gasteiger partial charge in [0.05, 0.1) is 0 Å². The molecule has 0 rings (SSSR count). The summed E-state index contributed by atoms with van der Waals surface area (Å²) < 4.78 is 0.452. The molecule has 0 aromatic heterocycles. The van der Waals surface area contributed by atoms with Crippen molar-refractivity contribution in [3.63, 3.8) is 0 Å². The van der Waals surface area contributed by atoms with Crippen LogP contribution in [-0.4, -0.2) is 10.5 Å². The largest absolute Gasteiger partial charge is 1.00 e. The van der Waals surface area contributed by atoms with Gasteiger partial charge in [0.1, 0.15) is 0 Å². The van der Waals surface area contributed by atoms with Crippen LogP contribution in [0.25, 0.3) is 0 Å². The zero-order valence-electron chi connectivity index (χ0n) is 10.6. The smallest absolute Gasteiger partial charge is 0.343 e. The molecular formula is C12H25LiS. The number of thioether (sulfide) groups is 1. The summed E-state index contributed by atoms with van der Waals surface area (Å²) in [5, 5.41) is 0. The molecule has 0 nitrogen and oxygen atoms in total. The third-order valence-corrected chi connectivity index (χ3v) is 3.29. The van der Waals surface area contributed by atoms with Gasteiger partial charge in [-0.2, -0.15) is 18.2 Å². The van der Waals surface area contributed by atoms with E-state index < -0.39 is 0 Å². The second-order valence-electron chi connectivity index (χ2n) is 4.58. The summed E-state index contributed by atoms with van der Waals surface area (Å²) in [5.74, 6) is 1.33. The molecule has 2 heteroatoms. The fourth-order valence-corrected chi connectivity index (χ4v) is 2.15. The zero-order valence-corrected chi connectivity index (χ0v) is 11.4. The average Bonchev–Trinajstić information content (AvgIpc) is 2.01. The molecule has 14 heavy (non-hydrogen) atoms. The molecule has 0 fully saturated rings. The van der Waals surface area contributed by atoms with E-state index in [0.717, 1.165) is 6.42 Å². The quantitative estimate of drug-likeness (QED) is 0.348. The van der Waals surface area contributed by atoms with Gasteiger partial charge in [-0.15, -0.1) is 0 Å². The van der Waals surface area contributed by atoms with Crippen molar-refractivity contribution in [1.82, 2.24) is 0 Å². The van der Waals surface area contributed by atoms with E-state index in [1.165, 1.54) is 37.9 Å². The monoisotopic (exact) mass is 208 g/mol. The Morgan fingerprint density at radius 1 is 0.929 bits per heavy atom. The van der Waals surface area contributed by atoms with Gasteiger partial charge in [0.25, 0.3) is 0 Å². The van der Waals surface area contributed by atoms with Gasteiger partial charge in [-0.25, -0.2) is 0 Å². The van der Waals surface area contributed by atoms with Crippen LogP contribution in [0.5, 0.6) is 0 Å². The van der Waals surface area contributed by atoms with Crippen molar-refractivity contribution in [1.29, 1.82) is 0 Å². The Morgan fingerprint density at radius 3 is 1.93 bits per heavy atom. The molecule has 0 amide bonds. The van der Waals surface area contributed by atoms with Crippen molar-refractivity contribution in [3.8, 4) is 0 Å². The van der Waals surface area contributed by atoms with Gasteiger partial charge in [-0.3, -0.25) is 0 Å². The molecule has 0 bridgehead atoms. The molecule has 0 saturated carbocycles. The van der Waals surface area contributed by atoms with Gasteiger partial charge in [-0.1, -0.05) is 46.5 Å². The number of hydrogen-bond acceptors (Lipinski definition) is 1. The van der Waals surface area contributed by atoms with E-state index in [2.05, 4.69) is 39.5 Å². The molecule has 0 saturated heterocycles. The number of unbranched alkanes of at least 4 members (excludes halogenated alkanes) is 5. The predicted octanol–water partition coefficient (Wildman–Crippen LogP) is 1.70. The van der Waals surface area contributed by atoms with E-state index in [9.17, 15) is 0 Å². The Labute approximate surface area is 107 Å². The van der Waals surface area contributed by atoms with Gasteiger partial charge < -0.3 is 6.92 Å². The maximum absolute atomic E-state index is 3.85. The average molecular weight is 208 g/mol. The fraction of sp³-hybridized carbons (Fsp3) is 0.917. The van der Waals surface area contributed by atoms with Gasteiger partial charge >= 0.3 is 18.9 Å². The first-order chi connectivity index (χ1) is 6.06. The molecule has 0 heterocycles. The van der Waals surface area contributed by atoms with Gasteiger partial charge in [-0.05, 0) is 12.2 Å². The minimum atomic E-state index is 0. The van der Waals surface area contributed by atoms with Crippen molar-refractivity contribution in [3.05, 3.63) is 6.92 Å². The van der Waals surface area contributed by atoms with Crippen LogP contribution in [0.3, 0.4) is 0 Å². The maximum Gasteiger partial charge on any atom is 1.00 e. The summed E-state index contributed by atoms with van der Waals surface area (Å²) in [5.41, 5.74) is 0. The van der Waals surface area contributed by atoms with Gasteiger partial charge in [0.15, 0.2) is 0 Å². The molecule has 0 aliphatic carbocycles. The Balaban J connectivity index is 0. The first-order valence-electron chi connectivity index (χ1n) is 5.49. The van der Waals surface area contributed by atoms with Crippen LogP contribution in [0, 0.1) is 6.92 Å². The first kappa shape index (κ1) is 17.3. The van der Waals surface area contributed by atoms with Crippen LogP contribution in [0.1, 0.15) is 59.3 Å². The van der Waals surface area contributed by atoms with Crippen molar-refractivity contribution >= 4 is 11.8 Å². The van der Waals surface area contributed by atoms with Crippen LogP contribution in [0.2, 0.25) is 0 Å². The molecule has 0 spiro atoms. The van der Waals surface area contributed by atoms with Crippen LogP contribution in [0.4, 0.5) is 0 Å². The molecular weight excluding hydrogens is 183 g/mol. The zero-order chi connectivity index (χ0) is 10.2. The molecule has 0 aromatic carbocycles. The van der Waals surface area contributed by atoms with Crippen LogP contribution in [0.15, 0.2) is 0 Å². The summed E-state index contributed by atoms with van der Waals surface area (Å²) in [6.45, 7) is 10.7. The molecule has 0 aliphatic rings. The molecule has 0 aromatic rings. The van der Waals surface area contributed by atoms with Crippen LogP contribution >= 0.6 is 11.8 Å². The normalized spacial score (nSPS) is 11.1. The predicted molar refractivity (Wildman–Crippen MR) is 65.3 cm³/mol. The summed E-state index contributed by atoms with van der Waals surface area (Å²) in [4.78, 5) is 0. The van der Waals surface area contributed by atoms with E-state index in [-0.39, 0.29) is 18.9 Å². The second kappa shape index (κ2) is 10.5. The van der Waals surface area contributed by atoms with E-state index in [1.54, 1.807) is 0 Å². The van der Waals surface area contributed by atoms with E-state index in [1.807, 2.05) is 0 Å². The summed E-state index contributed by atoms with van der Waals surface area (Å²) in [6.07, 6.45) is 8.00. The van der Waals surface area contributed by atoms with E-state index >= 15 is 0 Å². The van der Waals surface area contributed by atoms with E-state index in [4.69, 9.17) is 0 Å². The van der Waals surface area contributed by atoms with Crippen molar-refractivity contribution in [2.45, 2.75) is 64.0 Å². The van der Waals surface area contributed by atoms with Crippen molar-refractivity contribution < 1.29 is 18.9 Å². The molecule has 0 N–H and O–H groups in total. The molecule has 0 radical (unpaired) electrons. The molecule has 80 valence electrons. The summed E-state index contributed by atoms with van der Waals surface area (Å²) >= 11 is 2.09. The van der Waals surface area contributed by atoms with E-state index in [0.29, 0.717) is 4.75 Å². The van der Waals surface area contributed by atoms with Crippen LogP contribution in [-0.2, 0) is 0 Å². The number of rotatable bonds is 7. The van der Waals surface area contributed by atoms with Crippen molar-refractivity contribution in [2.24, 2.45) is 0 Å². The Kier molecular flexibility index (Phi) is 13.0. The third-order valence-electron chi connectivity index (χ3n) is 1.93. The third kappa shape index (κ3) is 15.4. The Hall–Kier alpha value is 0.947. The van der Waals surface area contributed by atoms with Crippen molar-refractivity contribution in [2.75, 3.05) is 5.75 Å². The fourth-order valence-electron chi connectivity index (χ4n) is 1.19. The maximum atomic E-state index is 3.85. The number of hydrogen-bond donors (Lipinski definition) is 0. The minimum absolute atomic E-state index is 0. The molecule has 0 atom stereocenters. The van der Waals surface area contributed by atoms with Gasteiger partial charge in [0.2, 0.25) is 0 Å². The second-order valence-corrected chi connectivity index (χ2v) is 6.50. The SMILES string of the molecule is [CH2-]CCCCCCCSC(C)(C)C.[Li+]. The molecule has 0 aliphatic heterocycles. The molecule has 0 unspecified atom stereocenters. The summed E-state index contributed by atoms with van der Waals surface area (Å²) in [6, 6.07) is 0. The standard InChI is InChI=1S/C12H25S.Li/c1-5-6-7-8-9-10-11-13-12(2,3)4;/h1,5-11H2,2-4H3;/q-1;+1. The van der Waals surface area contributed by atoms with Gasteiger partial charge in [0, 0.05) is 4.75 Å². The Morgan fingerprint density at radius 2 is 1.43 bits per heavy atom. The summed E-state index contributed by atoms with van der Waals surface area (Å²) in [7, 11) is 0. The first-order valence-corrected chi connectivity index (χ1v) is 6.48. The topological polar surface area (TPSA) is 0 Å². The van der Waals surface area contributed by atoms with Crippen LogP contribution < -0.4 is 18.9 Å². The Bertz CT molecular complexity index is 107. The minimum Gasteiger partial charge on any atom is -0.343 e.